The number of aromatic hydroxyl groups is 1. The second kappa shape index (κ2) is 5.62. The Balaban J connectivity index is 1.73. The molecule has 1 N–H and O–H groups in total. The van der Waals surface area contributed by atoms with Crippen LogP contribution in [0.3, 0.4) is 0 Å². The first-order valence-corrected chi connectivity index (χ1v) is 7.54. The summed E-state index contributed by atoms with van der Waals surface area (Å²) >= 11 is 0. The summed E-state index contributed by atoms with van der Waals surface area (Å²) < 4.78 is 5.15. The fourth-order valence-corrected chi connectivity index (χ4v) is 3.57. The largest absolute Gasteiger partial charge is 0.507 e. The maximum Gasteiger partial charge on any atom is 0.124 e. The topological polar surface area (TPSA) is 35.9 Å². The Morgan fingerprint density at radius 2 is 2.15 bits per heavy atom. The van der Waals surface area contributed by atoms with Crippen LogP contribution in [-0.4, -0.2) is 54.2 Å². The number of hydrogen-bond donors (Lipinski definition) is 1. The second-order valence-electron chi connectivity index (χ2n) is 5.93. The lowest BCUT2D eigenvalue weighted by Crippen LogP contribution is -2.50. The van der Waals surface area contributed by atoms with Crippen molar-refractivity contribution >= 4 is 0 Å². The summed E-state index contributed by atoms with van der Waals surface area (Å²) in [5, 5.41) is 10.2. The highest BCUT2D eigenvalue weighted by atomic mass is 16.5. The van der Waals surface area contributed by atoms with E-state index in [0.717, 1.165) is 25.2 Å². The Kier molecular flexibility index (Phi) is 3.85. The summed E-state index contributed by atoms with van der Waals surface area (Å²) in [6.07, 6.45) is 2.65. The van der Waals surface area contributed by atoms with E-state index in [1.54, 1.807) is 13.2 Å². The number of hydrogen-bond acceptors (Lipinski definition) is 4. The van der Waals surface area contributed by atoms with Crippen molar-refractivity contribution in [1.29, 1.82) is 0 Å². The number of phenols is 1. The van der Waals surface area contributed by atoms with E-state index in [9.17, 15) is 5.11 Å². The van der Waals surface area contributed by atoms with Gasteiger partial charge in [0.05, 0.1) is 7.11 Å². The van der Waals surface area contributed by atoms with Gasteiger partial charge in [0, 0.05) is 43.3 Å². The number of benzene rings is 1. The van der Waals surface area contributed by atoms with Crippen molar-refractivity contribution in [1.82, 2.24) is 9.80 Å². The summed E-state index contributed by atoms with van der Waals surface area (Å²) in [4.78, 5) is 5.10. The van der Waals surface area contributed by atoms with Crippen LogP contribution in [0.25, 0.3) is 0 Å². The Morgan fingerprint density at radius 1 is 1.30 bits per heavy atom. The van der Waals surface area contributed by atoms with E-state index in [1.807, 2.05) is 12.1 Å². The highest BCUT2D eigenvalue weighted by Gasteiger charge is 2.33. The molecule has 2 heterocycles. The van der Waals surface area contributed by atoms with Crippen LogP contribution in [0.4, 0.5) is 0 Å². The molecule has 0 bridgehead atoms. The number of piperazine rings is 1. The average molecular weight is 276 g/mol. The van der Waals surface area contributed by atoms with E-state index in [-0.39, 0.29) is 6.04 Å². The number of phenolic OH excluding ortho intramolecular Hbond substituents is 1. The predicted molar refractivity (Wildman–Crippen MR) is 79.2 cm³/mol. The summed E-state index contributed by atoms with van der Waals surface area (Å²) in [5.74, 6) is 1.05. The summed E-state index contributed by atoms with van der Waals surface area (Å²) in [7, 11) is 1.62. The highest BCUT2D eigenvalue weighted by Crippen LogP contribution is 2.33. The van der Waals surface area contributed by atoms with E-state index in [1.165, 1.54) is 19.4 Å². The molecule has 0 aromatic heterocycles. The third kappa shape index (κ3) is 2.50. The molecule has 2 atom stereocenters. The van der Waals surface area contributed by atoms with E-state index < -0.39 is 0 Å². The Hall–Kier alpha value is -1.26. The summed E-state index contributed by atoms with van der Waals surface area (Å²) in [5.41, 5.74) is 0.997. The van der Waals surface area contributed by atoms with Crippen LogP contribution >= 0.6 is 0 Å². The Morgan fingerprint density at radius 3 is 2.90 bits per heavy atom. The van der Waals surface area contributed by atoms with Crippen LogP contribution < -0.4 is 4.74 Å². The first-order chi connectivity index (χ1) is 9.69. The molecule has 3 rings (SSSR count). The molecule has 2 aliphatic heterocycles. The molecule has 2 aliphatic rings. The molecule has 0 saturated carbocycles. The van der Waals surface area contributed by atoms with Gasteiger partial charge in [-0.05, 0) is 32.4 Å². The molecule has 1 aromatic rings. The van der Waals surface area contributed by atoms with Gasteiger partial charge in [0.2, 0.25) is 0 Å². The van der Waals surface area contributed by atoms with Gasteiger partial charge in [0.15, 0.2) is 0 Å². The molecule has 0 radical (unpaired) electrons. The fourth-order valence-electron chi connectivity index (χ4n) is 3.57. The molecule has 4 heteroatoms. The minimum Gasteiger partial charge on any atom is -0.507 e. The standard InChI is InChI=1S/C16H24N2O2/c1-12(15-6-5-14(20-2)10-16(15)19)18-9-8-17-7-3-4-13(17)11-18/h5-6,10,12-13,19H,3-4,7-9,11H2,1-2H3. The van der Waals surface area contributed by atoms with Crippen molar-refractivity contribution in [2.24, 2.45) is 0 Å². The molecule has 0 aliphatic carbocycles. The maximum absolute atomic E-state index is 10.2. The Bertz CT molecular complexity index is 478. The zero-order valence-corrected chi connectivity index (χ0v) is 12.4. The van der Waals surface area contributed by atoms with Gasteiger partial charge >= 0.3 is 0 Å². The van der Waals surface area contributed by atoms with Crippen LogP contribution in [0.2, 0.25) is 0 Å². The Labute approximate surface area is 120 Å². The molecule has 2 unspecified atom stereocenters. The van der Waals surface area contributed by atoms with Gasteiger partial charge in [-0.15, -0.1) is 0 Å². The third-order valence-corrected chi connectivity index (χ3v) is 4.85. The van der Waals surface area contributed by atoms with Crippen molar-refractivity contribution in [2.45, 2.75) is 31.8 Å². The van der Waals surface area contributed by atoms with Gasteiger partial charge in [-0.2, -0.15) is 0 Å². The van der Waals surface area contributed by atoms with Crippen LogP contribution in [0.5, 0.6) is 11.5 Å². The lowest BCUT2D eigenvalue weighted by molar-refractivity contribution is 0.0762. The van der Waals surface area contributed by atoms with E-state index in [0.29, 0.717) is 17.5 Å². The molecule has 2 fully saturated rings. The van der Waals surface area contributed by atoms with Gasteiger partial charge in [-0.3, -0.25) is 9.80 Å². The second-order valence-corrected chi connectivity index (χ2v) is 5.93. The monoisotopic (exact) mass is 276 g/mol. The quantitative estimate of drug-likeness (QED) is 0.918. The number of rotatable bonds is 3. The van der Waals surface area contributed by atoms with E-state index in [2.05, 4.69) is 16.7 Å². The zero-order valence-electron chi connectivity index (χ0n) is 12.4. The molecule has 0 amide bonds. The molecule has 20 heavy (non-hydrogen) atoms. The third-order valence-electron chi connectivity index (χ3n) is 4.85. The number of ether oxygens (including phenoxy) is 1. The van der Waals surface area contributed by atoms with Crippen LogP contribution in [0.15, 0.2) is 18.2 Å². The zero-order chi connectivity index (χ0) is 14.1. The maximum atomic E-state index is 10.2. The number of nitrogens with zero attached hydrogens (tertiary/aromatic N) is 2. The van der Waals surface area contributed by atoms with Crippen LogP contribution in [0.1, 0.15) is 31.4 Å². The molecule has 0 spiro atoms. The van der Waals surface area contributed by atoms with Crippen molar-refractivity contribution in [2.75, 3.05) is 33.3 Å². The molecule has 110 valence electrons. The van der Waals surface area contributed by atoms with Crippen molar-refractivity contribution < 1.29 is 9.84 Å². The predicted octanol–water partition coefficient (Wildman–Crippen LogP) is 2.24. The first-order valence-electron chi connectivity index (χ1n) is 7.54. The van der Waals surface area contributed by atoms with Crippen LogP contribution in [-0.2, 0) is 0 Å². The van der Waals surface area contributed by atoms with Crippen molar-refractivity contribution in [3.63, 3.8) is 0 Å². The summed E-state index contributed by atoms with van der Waals surface area (Å²) in [6.45, 7) is 6.81. The van der Waals surface area contributed by atoms with Gasteiger partial charge in [0.1, 0.15) is 11.5 Å². The summed E-state index contributed by atoms with van der Waals surface area (Å²) in [6, 6.07) is 6.59. The lowest BCUT2D eigenvalue weighted by Gasteiger charge is -2.40. The van der Waals surface area contributed by atoms with Crippen LogP contribution in [0, 0.1) is 0 Å². The lowest BCUT2D eigenvalue weighted by atomic mass is 10.0. The number of methoxy groups -OCH3 is 1. The van der Waals surface area contributed by atoms with Gasteiger partial charge < -0.3 is 9.84 Å². The van der Waals surface area contributed by atoms with Gasteiger partial charge in [-0.25, -0.2) is 0 Å². The first kappa shape index (κ1) is 13.7. The highest BCUT2D eigenvalue weighted by molar-refractivity contribution is 5.41. The smallest absolute Gasteiger partial charge is 0.124 e. The normalized spacial score (nSPS) is 25.4. The van der Waals surface area contributed by atoms with E-state index in [4.69, 9.17) is 4.74 Å². The SMILES string of the molecule is COc1ccc(C(C)N2CCN3CCCC3C2)c(O)c1. The van der Waals surface area contributed by atoms with Gasteiger partial charge in [0.25, 0.3) is 0 Å². The minimum atomic E-state index is 0.253. The fraction of sp³-hybridized carbons (Fsp3) is 0.625. The minimum absolute atomic E-state index is 0.253. The molecule has 4 nitrogen and oxygen atoms in total. The van der Waals surface area contributed by atoms with Gasteiger partial charge in [-0.1, -0.05) is 6.07 Å². The van der Waals surface area contributed by atoms with E-state index >= 15 is 0 Å². The van der Waals surface area contributed by atoms with Crippen molar-refractivity contribution in [3.8, 4) is 11.5 Å². The van der Waals surface area contributed by atoms with Crippen molar-refractivity contribution in [3.05, 3.63) is 23.8 Å². The average Bonchev–Trinajstić information content (AvgIpc) is 2.93. The molecule has 2 saturated heterocycles. The molecule has 1 aromatic carbocycles. The molecular formula is C16H24N2O2. The molecular weight excluding hydrogens is 252 g/mol. The number of fused-ring (bicyclic) bond motifs is 1.